The maximum absolute atomic E-state index is 12.0. The van der Waals surface area contributed by atoms with Gasteiger partial charge in [0.05, 0.1) is 12.2 Å². The van der Waals surface area contributed by atoms with Gasteiger partial charge in [0.1, 0.15) is 0 Å². The first-order chi connectivity index (χ1) is 9.09. The van der Waals surface area contributed by atoms with E-state index in [1.165, 1.54) is 6.42 Å². The van der Waals surface area contributed by atoms with E-state index in [9.17, 15) is 4.79 Å². The summed E-state index contributed by atoms with van der Waals surface area (Å²) in [5.41, 5.74) is 8.01. The van der Waals surface area contributed by atoms with Gasteiger partial charge in [-0.2, -0.15) is 0 Å². The molecule has 0 atom stereocenters. The van der Waals surface area contributed by atoms with Crippen LogP contribution >= 0.6 is 0 Å². The zero-order valence-corrected chi connectivity index (χ0v) is 11.6. The van der Waals surface area contributed by atoms with Gasteiger partial charge in [-0.15, -0.1) is 0 Å². The first-order valence-electron chi connectivity index (χ1n) is 7.05. The Morgan fingerprint density at radius 3 is 2.84 bits per heavy atom. The molecule has 1 aromatic heterocycles. The highest BCUT2D eigenvalue weighted by atomic mass is 16.1. The fourth-order valence-electron chi connectivity index (χ4n) is 2.70. The molecular formula is C15H23N3O. The summed E-state index contributed by atoms with van der Waals surface area (Å²) in [4.78, 5) is 16.3. The Kier molecular flexibility index (Phi) is 4.53. The Labute approximate surface area is 114 Å². The van der Waals surface area contributed by atoms with Crippen molar-refractivity contribution in [3.8, 4) is 0 Å². The molecule has 2 rings (SSSR count). The van der Waals surface area contributed by atoms with Crippen molar-refractivity contribution in [1.82, 2.24) is 10.3 Å². The monoisotopic (exact) mass is 261 g/mol. The number of nitrogens with one attached hydrogen (secondary N) is 1. The van der Waals surface area contributed by atoms with E-state index in [-0.39, 0.29) is 11.4 Å². The van der Waals surface area contributed by atoms with Crippen molar-refractivity contribution in [2.75, 3.05) is 0 Å². The molecule has 4 heteroatoms. The lowest BCUT2D eigenvalue weighted by Crippen LogP contribution is -2.45. The topological polar surface area (TPSA) is 68.0 Å². The van der Waals surface area contributed by atoms with Gasteiger partial charge in [-0.1, -0.05) is 25.3 Å². The molecule has 1 aliphatic carbocycles. The third kappa shape index (κ3) is 4.03. The van der Waals surface area contributed by atoms with Crippen LogP contribution in [-0.2, 0) is 11.3 Å². The van der Waals surface area contributed by atoms with Crippen LogP contribution in [0.25, 0.3) is 0 Å². The average Bonchev–Trinajstić information content (AvgIpc) is 2.38. The molecule has 1 fully saturated rings. The fraction of sp³-hybridized carbons (Fsp3) is 0.600. The van der Waals surface area contributed by atoms with Crippen molar-refractivity contribution in [2.45, 2.75) is 57.5 Å². The Morgan fingerprint density at radius 1 is 1.42 bits per heavy atom. The molecule has 19 heavy (non-hydrogen) atoms. The smallest absolute Gasteiger partial charge is 0.222 e. The summed E-state index contributed by atoms with van der Waals surface area (Å²) in [6, 6.07) is 3.90. The SMILES string of the molecule is Cc1cccnc1CNC(=O)CC1(N)CCCCC1. The minimum atomic E-state index is -0.290. The third-order valence-electron chi connectivity index (χ3n) is 3.93. The molecule has 0 aromatic carbocycles. The van der Waals surface area contributed by atoms with Gasteiger partial charge in [-0.3, -0.25) is 9.78 Å². The highest BCUT2D eigenvalue weighted by molar-refractivity contribution is 5.77. The Balaban J connectivity index is 1.83. The standard InChI is InChI=1S/C15H23N3O/c1-12-6-5-9-17-13(12)11-18-14(19)10-15(16)7-3-2-4-8-15/h5-6,9H,2-4,7-8,10-11,16H2,1H3,(H,18,19). The zero-order valence-electron chi connectivity index (χ0n) is 11.6. The summed E-state index contributed by atoms with van der Waals surface area (Å²) < 4.78 is 0. The van der Waals surface area contributed by atoms with E-state index >= 15 is 0 Å². The number of nitrogens with two attached hydrogens (primary N) is 1. The quantitative estimate of drug-likeness (QED) is 0.871. The second kappa shape index (κ2) is 6.15. The van der Waals surface area contributed by atoms with E-state index in [0.717, 1.165) is 36.9 Å². The van der Waals surface area contributed by atoms with Crippen molar-refractivity contribution >= 4 is 5.91 Å². The summed E-state index contributed by atoms with van der Waals surface area (Å²) in [5, 5.41) is 2.93. The normalized spacial score (nSPS) is 18.0. The van der Waals surface area contributed by atoms with E-state index in [1.54, 1.807) is 6.20 Å². The highest BCUT2D eigenvalue weighted by Crippen LogP contribution is 2.28. The molecule has 104 valence electrons. The molecule has 1 saturated carbocycles. The lowest BCUT2D eigenvalue weighted by atomic mass is 9.80. The Morgan fingerprint density at radius 2 is 2.16 bits per heavy atom. The summed E-state index contributed by atoms with van der Waals surface area (Å²) >= 11 is 0. The molecule has 1 aliphatic rings. The molecule has 0 radical (unpaired) electrons. The number of pyridine rings is 1. The third-order valence-corrected chi connectivity index (χ3v) is 3.93. The summed E-state index contributed by atoms with van der Waals surface area (Å²) in [7, 11) is 0. The maximum atomic E-state index is 12.0. The van der Waals surface area contributed by atoms with Gasteiger partial charge in [0.25, 0.3) is 0 Å². The van der Waals surface area contributed by atoms with Crippen LogP contribution in [-0.4, -0.2) is 16.4 Å². The summed E-state index contributed by atoms with van der Waals surface area (Å²) in [6.45, 7) is 2.49. The number of amides is 1. The predicted molar refractivity (Wildman–Crippen MR) is 75.4 cm³/mol. The lowest BCUT2D eigenvalue weighted by Gasteiger charge is -2.32. The lowest BCUT2D eigenvalue weighted by molar-refractivity contribution is -0.122. The molecule has 1 heterocycles. The predicted octanol–water partition coefficient (Wildman–Crippen LogP) is 2.06. The fourth-order valence-corrected chi connectivity index (χ4v) is 2.70. The average molecular weight is 261 g/mol. The first kappa shape index (κ1) is 14.0. The van der Waals surface area contributed by atoms with Crippen LogP contribution in [0.5, 0.6) is 0 Å². The number of hydrogen-bond acceptors (Lipinski definition) is 3. The number of carbonyl (C=O) groups excluding carboxylic acids is 1. The van der Waals surface area contributed by atoms with Crippen molar-refractivity contribution in [3.05, 3.63) is 29.6 Å². The van der Waals surface area contributed by atoms with E-state index in [2.05, 4.69) is 10.3 Å². The van der Waals surface area contributed by atoms with Crippen LogP contribution in [0.3, 0.4) is 0 Å². The van der Waals surface area contributed by atoms with Crippen LogP contribution in [0.2, 0.25) is 0 Å². The number of rotatable bonds is 4. The van der Waals surface area contributed by atoms with Crippen molar-refractivity contribution in [1.29, 1.82) is 0 Å². The van der Waals surface area contributed by atoms with E-state index in [1.807, 2.05) is 19.1 Å². The number of aryl methyl sites for hydroxylation is 1. The van der Waals surface area contributed by atoms with Crippen LogP contribution in [0.1, 0.15) is 49.8 Å². The van der Waals surface area contributed by atoms with Crippen molar-refractivity contribution < 1.29 is 4.79 Å². The second-order valence-electron chi connectivity index (χ2n) is 5.64. The van der Waals surface area contributed by atoms with E-state index < -0.39 is 0 Å². The number of hydrogen-bond donors (Lipinski definition) is 2. The first-order valence-corrected chi connectivity index (χ1v) is 7.05. The minimum absolute atomic E-state index is 0.0365. The molecule has 0 spiro atoms. The molecular weight excluding hydrogens is 238 g/mol. The van der Waals surface area contributed by atoms with Gasteiger partial charge in [0.15, 0.2) is 0 Å². The van der Waals surface area contributed by atoms with Crippen LogP contribution in [0.15, 0.2) is 18.3 Å². The van der Waals surface area contributed by atoms with Crippen LogP contribution < -0.4 is 11.1 Å². The Bertz CT molecular complexity index is 439. The molecule has 0 bridgehead atoms. The number of nitrogens with zero attached hydrogens (tertiary/aromatic N) is 1. The molecule has 3 N–H and O–H groups in total. The number of aromatic nitrogens is 1. The second-order valence-corrected chi connectivity index (χ2v) is 5.64. The molecule has 1 aromatic rings. The van der Waals surface area contributed by atoms with Gasteiger partial charge in [0.2, 0.25) is 5.91 Å². The summed E-state index contributed by atoms with van der Waals surface area (Å²) in [6.07, 6.45) is 7.63. The molecule has 0 unspecified atom stereocenters. The summed E-state index contributed by atoms with van der Waals surface area (Å²) in [5.74, 6) is 0.0365. The van der Waals surface area contributed by atoms with Gasteiger partial charge in [-0.25, -0.2) is 0 Å². The molecule has 1 amide bonds. The van der Waals surface area contributed by atoms with Gasteiger partial charge in [-0.05, 0) is 31.4 Å². The molecule has 0 aliphatic heterocycles. The number of carbonyl (C=O) groups is 1. The van der Waals surface area contributed by atoms with E-state index in [4.69, 9.17) is 5.73 Å². The van der Waals surface area contributed by atoms with Crippen molar-refractivity contribution in [3.63, 3.8) is 0 Å². The van der Waals surface area contributed by atoms with Crippen LogP contribution in [0, 0.1) is 6.92 Å². The highest BCUT2D eigenvalue weighted by Gasteiger charge is 2.29. The maximum Gasteiger partial charge on any atom is 0.222 e. The Hall–Kier alpha value is -1.42. The molecule has 4 nitrogen and oxygen atoms in total. The molecule has 0 saturated heterocycles. The zero-order chi connectivity index (χ0) is 13.7. The van der Waals surface area contributed by atoms with Gasteiger partial charge < -0.3 is 11.1 Å². The van der Waals surface area contributed by atoms with Gasteiger partial charge >= 0.3 is 0 Å². The van der Waals surface area contributed by atoms with Gasteiger partial charge in [0, 0.05) is 18.2 Å². The van der Waals surface area contributed by atoms with E-state index in [0.29, 0.717) is 13.0 Å². The van der Waals surface area contributed by atoms with Crippen LogP contribution in [0.4, 0.5) is 0 Å². The largest absolute Gasteiger partial charge is 0.350 e. The van der Waals surface area contributed by atoms with Crippen molar-refractivity contribution in [2.24, 2.45) is 5.73 Å². The minimum Gasteiger partial charge on any atom is -0.350 e.